The molecule has 0 aliphatic heterocycles. The van der Waals surface area contributed by atoms with Crippen LogP contribution in [0, 0.1) is 0 Å². The van der Waals surface area contributed by atoms with Crippen LogP contribution in [0.4, 0.5) is 24.7 Å². The van der Waals surface area contributed by atoms with E-state index in [0.717, 1.165) is 5.39 Å². The molecule has 0 saturated carbocycles. The quantitative estimate of drug-likeness (QED) is 0.125. The van der Waals surface area contributed by atoms with Gasteiger partial charge in [-0.25, -0.2) is 9.78 Å². The first-order chi connectivity index (χ1) is 21.8. The zero-order valence-electron chi connectivity index (χ0n) is 25.3. The van der Waals surface area contributed by atoms with E-state index in [1.807, 2.05) is 13.8 Å². The largest absolute Gasteiger partial charge is 0.491 e. The Morgan fingerprint density at radius 1 is 0.935 bits per heavy atom. The number of pyridine rings is 1. The van der Waals surface area contributed by atoms with E-state index < -0.39 is 42.5 Å². The predicted molar refractivity (Wildman–Crippen MR) is 165 cm³/mol. The van der Waals surface area contributed by atoms with Crippen molar-refractivity contribution < 1.29 is 41.8 Å². The molecule has 4 aromatic rings. The monoisotopic (exact) mass is 638 g/mol. The number of carbonyl (C=O) groups is 3. The summed E-state index contributed by atoms with van der Waals surface area (Å²) in [7, 11) is 0. The highest BCUT2D eigenvalue weighted by atomic mass is 19.4. The number of rotatable bonds is 12. The van der Waals surface area contributed by atoms with Gasteiger partial charge in [0, 0.05) is 17.3 Å². The normalized spacial score (nSPS) is 12.7. The summed E-state index contributed by atoms with van der Waals surface area (Å²) in [6, 6.07) is 17.9. The first kappa shape index (κ1) is 33.6. The number of aromatic nitrogens is 1. The summed E-state index contributed by atoms with van der Waals surface area (Å²) in [5.74, 6) is -3.56. The lowest BCUT2D eigenvalue weighted by Crippen LogP contribution is -2.38. The predicted octanol–water partition coefficient (Wildman–Crippen LogP) is 6.04. The molecule has 0 aliphatic rings. The highest BCUT2D eigenvalue weighted by Gasteiger charge is 2.42. The minimum atomic E-state index is -5.36. The Morgan fingerprint density at radius 2 is 1.67 bits per heavy atom. The summed E-state index contributed by atoms with van der Waals surface area (Å²) in [5.41, 5.74) is 7.38. The highest BCUT2D eigenvalue weighted by molar-refractivity contribution is 5.94. The summed E-state index contributed by atoms with van der Waals surface area (Å²) < 4.78 is 53.9. The molecule has 242 valence electrons. The molecule has 1 amide bonds. The lowest BCUT2D eigenvalue weighted by Gasteiger charge is -2.25. The summed E-state index contributed by atoms with van der Waals surface area (Å²) in [4.78, 5) is 41.9. The molecule has 0 saturated heterocycles. The molecular weight excluding hydrogens is 605 g/mol. The molecule has 1 aromatic heterocycles. The molecule has 1 heterocycles. The van der Waals surface area contributed by atoms with Gasteiger partial charge in [0.25, 0.3) is 0 Å². The zero-order valence-corrected chi connectivity index (χ0v) is 25.3. The van der Waals surface area contributed by atoms with Gasteiger partial charge in [0.2, 0.25) is 5.91 Å². The number of fused-ring (bicyclic) bond motifs is 1. The van der Waals surface area contributed by atoms with Crippen LogP contribution in [0.2, 0.25) is 0 Å². The van der Waals surface area contributed by atoms with Crippen LogP contribution in [0.3, 0.4) is 0 Å². The average Bonchev–Trinajstić information content (AvgIpc) is 3.00. The standard InChI is InChI=1S/C33H33F3N4O6/c1-4-44-27-17-22(10-13-26(27)45-19(2)3)29(39-23-11-12-24-21(16-23)14-15-38-30(24)37)31(42)40-25(20-8-6-5-7-9-20)18-28(41)46-32(43)33(34,35)36/h5-17,19,25,29,39H,4,18H2,1-3H3,(H2,37,38)(H,40,42). The summed E-state index contributed by atoms with van der Waals surface area (Å²) in [6.45, 7) is 5.84. The van der Waals surface area contributed by atoms with Crippen LogP contribution in [0.5, 0.6) is 11.5 Å². The smallest absolute Gasteiger partial charge is 0.490 e. The second kappa shape index (κ2) is 14.6. The Hall–Kier alpha value is -5.33. The van der Waals surface area contributed by atoms with Crippen LogP contribution < -0.4 is 25.8 Å². The third kappa shape index (κ3) is 8.65. The lowest BCUT2D eigenvalue weighted by molar-refractivity contribution is -0.202. The number of amides is 1. The Kier molecular flexibility index (Phi) is 10.7. The maximum atomic E-state index is 14.1. The number of nitrogens with zero attached hydrogens (tertiary/aromatic N) is 1. The Balaban J connectivity index is 1.71. The average molecular weight is 639 g/mol. The van der Waals surface area contributed by atoms with Crippen molar-refractivity contribution in [3.63, 3.8) is 0 Å². The lowest BCUT2D eigenvalue weighted by atomic mass is 10.0. The third-order valence-electron chi connectivity index (χ3n) is 6.66. The van der Waals surface area contributed by atoms with Crippen molar-refractivity contribution in [1.82, 2.24) is 10.3 Å². The summed E-state index contributed by atoms with van der Waals surface area (Å²) in [6.07, 6.45) is -4.71. The maximum absolute atomic E-state index is 14.1. The number of carbonyl (C=O) groups excluding carboxylic acids is 3. The number of anilines is 2. The van der Waals surface area contributed by atoms with Crippen molar-refractivity contribution in [2.45, 2.75) is 51.6 Å². The van der Waals surface area contributed by atoms with E-state index in [4.69, 9.17) is 15.2 Å². The first-order valence-corrected chi connectivity index (χ1v) is 14.4. The van der Waals surface area contributed by atoms with Crippen molar-refractivity contribution in [3.8, 4) is 11.5 Å². The van der Waals surface area contributed by atoms with Gasteiger partial charge in [-0.2, -0.15) is 13.2 Å². The summed E-state index contributed by atoms with van der Waals surface area (Å²) >= 11 is 0. The van der Waals surface area contributed by atoms with E-state index in [2.05, 4.69) is 20.4 Å². The van der Waals surface area contributed by atoms with Gasteiger partial charge in [-0.05, 0) is 73.7 Å². The van der Waals surface area contributed by atoms with Gasteiger partial charge in [0.15, 0.2) is 11.5 Å². The second-order valence-electron chi connectivity index (χ2n) is 10.5. The molecule has 10 nitrogen and oxygen atoms in total. The fourth-order valence-electron chi connectivity index (χ4n) is 4.64. The molecule has 46 heavy (non-hydrogen) atoms. The molecule has 0 radical (unpaired) electrons. The number of esters is 2. The molecule has 2 unspecified atom stereocenters. The van der Waals surface area contributed by atoms with Crippen LogP contribution in [0.25, 0.3) is 10.8 Å². The molecule has 3 aromatic carbocycles. The van der Waals surface area contributed by atoms with E-state index in [0.29, 0.717) is 46.1 Å². The van der Waals surface area contributed by atoms with E-state index in [1.54, 1.807) is 85.9 Å². The minimum Gasteiger partial charge on any atom is -0.490 e. The number of ether oxygens (including phenoxy) is 3. The minimum absolute atomic E-state index is 0.155. The van der Waals surface area contributed by atoms with Crippen molar-refractivity contribution in [2.24, 2.45) is 0 Å². The van der Waals surface area contributed by atoms with E-state index >= 15 is 0 Å². The highest BCUT2D eigenvalue weighted by Crippen LogP contribution is 2.34. The molecule has 0 fully saturated rings. The van der Waals surface area contributed by atoms with Crippen LogP contribution in [-0.2, 0) is 19.1 Å². The number of nitrogen functional groups attached to an aromatic ring is 1. The van der Waals surface area contributed by atoms with E-state index in [-0.39, 0.29) is 6.10 Å². The van der Waals surface area contributed by atoms with Gasteiger partial charge in [0.05, 0.1) is 25.2 Å². The maximum Gasteiger partial charge on any atom is 0.491 e. The van der Waals surface area contributed by atoms with Gasteiger partial charge < -0.3 is 30.6 Å². The second-order valence-corrected chi connectivity index (χ2v) is 10.5. The number of halogens is 3. The van der Waals surface area contributed by atoms with Crippen molar-refractivity contribution in [2.75, 3.05) is 17.7 Å². The molecule has 0 aliphatic carbocycles. The van der Waals surface area contributed by atoms with Gasteiger partial charge in [-0.3, -0.25) is 9.59 Å². The van der Waals surface area contributed by atoms with Crippen molar-refractivity contribution >= 4 is 40.1 Å². The Morgan fingerprint density at radius 3 is 2.35 bits per heavy atom. The fraction of sp³-hybridized carbons (Fsp3) is 0.273. The van der Waals surface area contributed by atoms with Crippen LogP contribution in [0.1, 0.15) is 50.4 Å². The van der Waals surface area contributed by atoms with Gasteiger partial charge in [-0.1, -0.05) is 36.4 Å². The summed E-state index contributed by atoms with van der Waals surface area (Å²) in [5, 5.41) is 7.42. The molecule has 2 atom stereocenters. The number of hydrogen-bond acceptors (Lipinski definition) is 9. The first-order valence-electron chi connectivity index (χ1n) is 14.4. The van der Waals surface area contributed by atoms with Crippen LogP contribution >= 0.6 is 0 Å². The zero-order chi connectivity index (χ0) is 33.4. The van der Waals surface area contributed by atoms with Crippen molar-refractivity contribution in [1.29, 1.82) is 0 Å². The Labute approximate surface area is 263 Å². The topological polar surface area (TPSA) is 142 Å². The van der Waals surface area contributed by atoms with Gasteiger partial charge in [0.1, 0.15) is 11.9 Å². The molecule has 0 spiro atoms. The molecule has 0 bridgehead atoms. The van der Waals surface area contributed by atoms with Crippen molar-refractivity contribution in [3.05, 3.63) is 90.1 Å². The van der Waals surface area contributed by atoms with Gasteiger partial charge >= 0.3 is 18.1 Å². The fourth-order valence-corrected chi connectivity index (χ4v) is 4.64. The Bertz CT molecular complexity index is 1700. The van der Waals surface area contributed by atoms with Gasteiger partial charge in [-0.15, -0.1) is 0 Å². The number of alkyl halides is 3. The van der Waals surface area contributed by atoms with E-state index in [9.17, 15) is 27.6 Å². The molecule has 4 N–H and O–H groups in total. The molecular formula is C33H33F3N4O6. The van der Waals surface area contributed by atoms with Crippen LogP contribution in [-0.4, -0.2) is 41.7 Å². The van der Waals surface area contributed by atoms with Crippen LogP contribution in [0.15, 0.2) is 79.0 Å². The van der Waals surface area contributed by atoms with E-state index in [1.165, 1.54) is 0 Å². The number of hydrogen-bond donors (Lipinski definition) is 3. The number of benzene rings is 3. The third-order valence-corrected chi connectivity index (χ3v) is 6.66. The SMILES string of the molecule is CCOc1cc(C(Nc2ccc3c(N)nccc3c2)C(=O)NC(CC(=O)OC(=O)C(F)(F)F)c2ccccc2)ccc1OC(C)C. The number of nitrogens with two attached hydrogens (primary N) is 1. The molecule has 4 rings (SSSR count). The number of nitrogens with one attached hydrogen (secondary N) is 2. The molecule has 13 heteroatoms.